The Kier molecular flexibility index (Phi) is 3.99. The first-order valence-corrected chi connectivity index (χ1v) is 7.02. The minimum Gasteiger partial charge on any atom is -0.508 e. The maximum Gasteiger partial charge on any atom is 0.120 e. The van der Waals surface area contributed by atoms with Gasteiger partial charge in [-0.2, -0.15) is 0 Å². The molecule has 0 bridgehead atoms. The molecule has 4 heteroatoms. The van der Waals surface area contributed by atoms with Crippen LogP contribution in [0.4, 0.5) is 0 Å². The highest BCUT2D eigenvalue weighted by molar-refractivity contribution is 9.10. The van der Waals surface area contributed by atoms with Crippen LogP contribution in [0.1, 0.15) is 26.3 Å². The summed E-state index contributed by atoms with van der Waals surface area (Å²) in [5, 5.41) is 9.88. The number of hydrogen-bond acceptors (Lipinski definition) is 3. The molecule has 1 fully saturated rings. The van der Waals surface area contributed by atoms with E-state index in [0.29, 0.717) is 5.75 Å². The lowest BCUT2D eigenvalue weighted by Gasteiger charge is -2.41. The van der Waals surface area contributed by atoms with Gasteiger partial charge in [0, 0.05) is 29.7 Å². The Bertz CT molecular complexity index is 434. The summed E-state index contributed by atoms with van der Waals surface area (Å²) < 4.78 is 6.88. The molecule has 0 amide bonds. The van der Waals surface area contributed by atoms with Gasteiger partial charge in [0.25, 0.3) is 0 Å². The second-order valence-corrected chi connectivity index (χ2v) is 6.55. The van der Waals surface area contributed by atoms with Crippen molar-refractivity contribution in [3.05, 3.63) is 28.2 Å². The van der Waals surface area contributed by atoms with E-state index in [2.05, 4.69) is 41.6 Å². The third-order valence-corrected chi connectivity index (χ3v) is 3.57. The number of hydrogen-bond donors (Lipinski definition) is 1. The molecule has 1 aliphatic heterocycles. The largest absolute Gasteiger partial charge is 0.508 e. The fraction of sp³-hybridized carbons (Fsp3) is 0.571. The van der Waals surface area contributed by atoms with Crippen LogP contribution in [-0.2, 0) is 11.3 Å². The molecule has 1 saturated heterocycles. The van der Waals surface area contributed by atoms with Crippen LogP contribution in [0.5, 0.6) is 5.75 Å². The Hall–Kier alpha value is -0.580. The highest BCUT2D eigenvalue weighted by Crippen LogP contribution is 2.27. The second-order valence-electron chi connectivity index (χ2n) is 5.63. The predicted octanol–water partition coefficient (Wildman–Crippen LogP) is 3.15. The van der Waals surface area contributed by atoms with E-state index in [9.17, 15) is 5.11 Å². The minimum atomic E-state index is -0.126. The number of ether oxygens (including phenoxy) is 1. The van der Waals surface area contributed by atoms with Crippen molar-refractivity contribution in [1.29, 1.82) is 0 Å². The Balaban J connectivity index is 2.11. The zero-order valence-corrected chi connectivity index (χ0v) is 12.7. The van der Waals surface area contributed by atoms with Gasteiger partial charge in [0.05, 0.1) is 11.7 Å². The van der Waals surface area contributed by atoms with E-state index in [1.807, 2.05) is 12.1 Å². The molecule has 0 aromatic heterocycles. The molecule has 0 spiro atoms. The first-order valence-electron chi connectivity index (χ1n) is 6.23. The molecule has 0 saturated carbocycles. The molecule has 1 unspecified atom stereocenters. The number of phenolic OH excluding ortho intramolecular Hbond substituents is 1. The SMILES string of the molecule is CC1CN(Cc2cc(Br)ccc2O)CC(C)(C)O1. The van der Waals surface area contributed by atoms with Crippen LogP contribution in [0, 0.1) is 0 Å². The summed E-state index contributed by atoms with van der Waals surface area (Å²) in [7, 11) is 0. The van der Waals surface area contributed by atoms with Gasteiger partial charge in [-0.1, -0.05) is 15.9 Å². The summed E-state index contributed by atoms with van der Waals surface area (Å²) in [6.45, 7) is 8.84. The molecule has 0 radical (unpaired) electrons. The first-order chi connectivity index (χ1) is 8.35. The van der Waals surface area contributed by atoms with E-state index in [0.717, 1.165) is 29.7 Å². The highest BCUT2D eigenvalue weighted by atomic mass is 79.9. The van der Waals surface area contributed by atoms with Gasteiger partial charge >= 0.3 is 0 Å². The predicted molar refractivity (Wildman–Crippen MR) is 75.7 cm³/mol. The molecule has 1 heterocycles. The second kappa shape index (κ2) is 5.19. The summed E-state index contributed by atoms with van der Waals surface area (Å²) in [6, 6.07) is 5.56. The minimum absolute atomic E-state index is 0.126. The van der Waals surface area contributed by atoms with Crippen molar-refractivity contribution in [3.8, 4) is 5.75 Å². The zero-order chi connectivity index (χ0) is 13.3. The maximum absolute atomic E-state index is 9.88. The van der Waals surface area contributed by atoms with Gasteiger partial charge in [-0.25, -0.2) is 0 Å². The lowest BCUT2D eigenvalue weighted by atomic mass is 10.0. The van der Waals surface area contributed by atoms with Crippen LogP contribution in [-0.4, -0.2) is 34.8 Å². The number of rotatable bonds is 2. The molecule has 18 heavy (non-hydrogen) atoms. The monoisotopic (exact) mass is 313 g/mol. The summed E-state index contributed by atoms with van der Waals surface area (Å²) in [5.41, 5.74) is 0.827. The summed E-state index contributed by atoms with van der Waals surface area (Å²) >= 11 is 3.44. The van der Waals surface area contributed by atoms with Crippen molar-refractivity contribution in [2.24, 2.45) is 0 Å². The lowest BCUT2D eigenvalue weighted by molar-refractivity contribution is -0.130. The lowest BCUT2D eigenvalue weighted by Crippen LogP contribution is -2.51. The Morgan fingerprint density at radius 2 is 2.22 bits per heavy atom. The Morgan fingerprint density at radius 3 is 2.89 bits per heavy atom. The quantitative estimate of drug-likeness (QED) is 0.910. The van der Waals surface area contributed by atoms with E-state index in [1.165, 1.54) is 0 Å². The van der Waals surface area contributed by atoms with Crippen LogP contribution in [0.2, 0.25) is 0 Å². The molecule has 1 aromatic carbocycles. The van der Waals surface area contributed by atoms with Crippen molar-refractivity contribution in [1.82, 2.24) is 4.90 Å². The molecule has 1 aliphatic rings. The number of morpholine rings is 1. The van der Waals surface area contributed by atoms with E-state index < -0.39 is 0 Å². The topological polar surface area (TPSA) is 32.7 Å². The van der Waals surface area contributed by atoms with Gasteiger partial charge in [0.2, 0.25) is 0 Å². The molecule has 2 rings (SSSR count). The standard InChI is InChI=1S/C14H20BrNO2/c1-10-7-16(9-14(2,3)18-10)8-11-6-12(15)4-5-13(11)17/h4-6,10,17H,7-9H2,1-3H3. The van der Waals surface area contributed by atoms with Gasteiger partial charge in [0.1, 0.15) is 5.75 Å². The average Bonchev–Trinajstić information content (AvgIpc) is 2.20. The normalized spacial score (nSPS) is 24.1. The van der Waals surface area contributed by atoms with E-state index >= 15 is 0 Å². The van der Waals surface area contributed by atoms with E-state index in [-0.39, 0.29) is 11.7 Å². The maximum atomic E-state index is 9.88. The fourth-order valence-electron chi connectivity index (χ4n) is 2.63. The number of aromatic hydroxyl groups is 1. The molecular formula is C14H20BrNO2. The third kappa shape index (κ3) is 3.46. The van der Waals surface area contributed by atoms with Gasteiger partial charge in [-0.3, -0.25) is 4.90 Å². The van der Waals surface area contributed by atoms with Crippen molar-refractivity contribution in [3.63, 3.8) is 0 Å². The molecule has 1 aromatic rings. The van der Waals surface area contributed by atoms with E-state index in [1.54, 1.807) is 6.07 Å². The zero-order valence-electron chi connectivity index (χ0n) is 11.1. The first kappa shape index (κ1) is 13.8. The fourth-order valence-corrected chi connectivity index (χ4v) is 3.04. The Morgan fingerprint density at radius 1 is 1.50 bits per heavy atom. The number of phenols is 1. The van der Waals surface area contributed by atoms with Gasteiger partial charge in [0.15, 0.2) is 0 Å². The van der Waals surface area contributed by atoms with Crippen molar-refractivity contribution in [2.45, 2.75) is 39.0 Å². The third-order valence-electron chi connectivity index (χ3n) is 3.08. The smallest absolute Gasteiger partial charge is 0.120 e. The van der Waals surface area contributed by atoms with Gasteiger partial charge < -0.3 is 9.84 Å². The van der Waals surface area contributed by atoms with Crippen LogP contribution < -0.4 is 0 Å². The molecule has 3 nitrogen and oxygen atoms in total. The number of benzene rings is 1. The Labute approximate surface area is 117 Å². The molecule has 1 atom stereocenters. The van der Waals surface area contributed by atoms with Crippen molar-refractivity contribution < 1.29 is 9.84 Å². The molecule has 1 N–H and O–H groups in total. The van der Waals surface area contributed by atoms with E-state index in [4.69, 9.17) is 4.74 Å². The molecule has 100 valence electrons. The average molecular weight is 314 g/mol. The molecular weight excluding hydrogens is 294 g/mol. The highest BCUT2D eigenvalue weighted by Gasteiger charge is 2.31. The van der Waals surface area contributed by atoms with Crippen LogP contribution in [0.15, 0.2) is 22.7 Å². The summed E-state index contributed by atoms with van der Waals surface area (Å²) in [6.07, 6.45) is 0.225. The summed E-state index contributed by atoms with van der Waals surface area (Å²) in [4.78, 5) is 2.33. The number of nitrogens with zero attached hydrogens (tertiary/aromatic N) is 1. The summed E-state index contributed by atoms with van der Waals surface area (Å²) in [5.74, 6) is 0.357. The molecule has 0 aliphatic carbocycles. The van der Waals surface area contributed by atoms with Crippen LogP contribution in [0.25, 0.3) is 0 Å². The van der Waals surface area contributed by atoms with Gasteiger partial charge in [-0.05, 0) is 39.0 Å². The van der Waals surface area contributed by atoms with Gasteiger partial charge in [-0.15, -0.1) is 0 Å². The van der Waals surface area contributed by atoms with Crippen LogP contribution >= 0.6 is 15.9 Å². The van der Waals surface area contributed by atoms with Crippen LogP contribution in [0.3, 0.4) is 0 Å². The van der Waals surface area contributed by atoms with Crippen molar-refractivity contribution >= 4 is 15.9 Å². The van der Waals surface area contributed by atoms with Crippen molar-refractivity contribution in [2.75, 3.05) is 13.1 Å². The number of halogens is 1.